The van der Waals surface area contributed by atoms with Crippen LogP contribution < -0.4 is 0 Å². The number of amides is 1. The SMILES string of the molecule is CC(C)N(Cc1cnn(C)c1)C(=O)CCCc1nc(-c2cccs2)no1. The van der Waals surface area contributed by atoms with Crippen LogP contribution in [-0.4, -0.2) is 36.8 Å². The Morgan fingerprint density at radius 3 is 2.92 bits per heavy atom. The summed E-state index contributed by atoms with van der Waals surface area (Å²) in [5.74, 6) is 1.31. The normalized spacial score (nSPS) is 11.2. The minimum absolute atomic E-state index is 0.127. The van der Waals surface area contributed by atoms with Gasteiger partial charge in [-0.05, 0) is 31.7 Å². The van der Waals surface area contributed by atoms with Crippen molar-refractivity contribution in [2.75, 3.05) is 0 Å². The van der Waals surface area contributed by atoms with E-state index in [1.165, 1.54) is 0 Å². The van der Waals surface area contributed by atoms with Crippen molar-refractivity contribution in [3.63, 3.8) is 0 Å². The molecule has 8 heteroatoms. The number of hydrogen-bond acceptors (Lipinski definition) is 6. The lowest BCUT2D eigenvalue weighted by Gasteiger charge is -2.26. The molecule has 0 aliphatic rings. The minimum atomic E-state index is 0.127. The van der Waals surface area contributed by atoms with Crippen LogP contribution in [0.25, 0.3) is 10.7 Å². The van der Waals surface area contributed by atoms with Gasteiger partial charge in [-0.15, -0.1) is 11.3 Å². The van der Waals surface area contributed by atoms with E-state index in [2.05, 4.69) is 15.2 Å². The lowest BCUT2D eigenvalue weighted by molar-refractivity contribution is -0.133. The summed E-state index contributed by atoms with van der Waals surface area (Å²) in [5, 5.41) is 10.1. The predicted molar refractivity (Wildman–Crippen MR) is 99.4 cm³/mol. The quantitative estimate of drug-likeness (QED) is 0.605. The topological polar surface area (TPSA) is 77.1 Å². The first kappa shape index (κ1) is 18.3. The van der Waals surface area contributed by atoms with E-state index < -0.39 is 0 Å². The third-order valence-electron chi connectivity index (χ3n) is 4.05. The number of carbonyl (C=O) groups excluding carboxylic acids is 1. The molecule has 0 bridgehead atoms. The van der Waals surface area contributed by atoms with Crippen LogP contribution in [-0.2, 0) is 24.8 Å². The van der Waals surface area contributed by atoms with Crippen LogP contribution in [0.2, 0.25) is 0 Å². The maximum Gasteiger partial charge on any atom is 0.226 e. The van der Waals surface area contributed by atoms with Gasteiger partial charge in [0.15, 0.2) is 0 Å². The Morgan fingerprint density at radius 2 is 2.27 bits per heavy atom. The van der Waals surface area contributed by atoms with Crippen molar-refractivity contribution < 1.29 is 9.32 Å². The molecule has 0 N–H and O–H groups in total. The fourth-order valence-electron chi connectivity index (χ4n) is 2.71. The molecule has 0 radical (unpaired) electrons. The van der Waals surface area contributed by atoms with Crippen molar-refractivity contribution in [3.8, 4) is 10.7 Å². The third-order valence-corrected chi connectivity index (χ3v) is 4.91. The molecule has 3 aromatic rings. The van der Waals surface area contributed by atoms with Crippen LogP contribution in [0, 0.1) is 0 Å². The molecule has 0 aromatic carbocycles. The second-order valence-corrected chi connectivity index (χ2v) is 7.43. The van der Waals surface area contributed by atoms with Gasteiger partial charge in [0.05, 0.1) is 11.1 Å². The molecule has 0 atom stereocenters. The van der Waals surface area contributed by atoms with E-state index >= 15 is 0 Å². The Kier molecular flexibility index (Phi) is 5.82. The van der Waals surface area contributed by atoms with E-state index in [0.29, 0.717) is 37.5 Å². The molecular formula is C18H23N5O2S. The number of aryl methyl sites for hydroxylation is 2. The van der Waals surface area contributed by atoms with E-state index in [1.54, 1.807) is 22.2 Å². The Bertz CT molecular complexity index is 838. The molecule has 0 aliphatic carbocycles. The zero-order valence-corrected chi connectivity index (χ0v) is 16.1. The number of aromatic nitrogens is 4. The minimum Gasteiger partial charge on any atom is -0.339 e. The highest BCUT2D eigenvalue weighted by Crippen LogP contribution is 2.21. The first-order chi connectivity index (χ1) is 12.5. The Hall–Kier alpha value is -2.48. The Morgan fingerprint density at radius 1 is 1.42 bits per heavy atom. The maximum atomic E-state index is 12.6. The van der Waals surface area contributed by atoms with Crippen LogP contribution in [0.15, 0.2) is 34.4 Å². The van der Waals surface area contributed by atoms with Crippen LogP contribution in [0.5, 0.6) is 0 Å². The zero-order chi connectivity index (χ0) is 18.5. The fraction of sp³-hybridized carbons (Fsp3) is 0.444. The van der Waals surface area contributed by atoms with Gasteiger partial charge in [0.1, 0.15) is 0 Å². The van der Waals surface area contributed by atoms with Crippen molar-refractivity contribution in [3.05, 3.63) is 41.4 Å². The number of carbonyl (C=O) groups is 1. The third kappa shape index (κ3) is 4.57. The number of hydrogen-bond donors (Lipinski definition) is 0. The Balaban J connectivity index is 1.52. The van der Waals surface area contributed by atoms with Gasteiger partial charge in [-0.1, -0.05) is 11.2 Å². The first-order valence-corrected chi connectivity index (χ1v) is 9.54. The molecule has 138 valence electrons. The first-order valence-electron chi connectivity index (χ1n) is 8.66. The zero-order valence-electron chi connectivity index (χ0n) is 15.3. The van der Waals surface area contributed by atoms with Crippen molar-refractivity contribution in [1.82, 2.24) is 24.8 Å². The summed E-state index contributed by atoms with van der Waals surface area (Å²) in [5.41, 5.74) is 1.03. The molecule has 26 heavy (non-hydrogen) atoms. The molecule has 0 spiro atoms. The summed E-state index contributed by atoms with van der Waals surface area (Å²) in [6, 6.07) is 4.05. The lowest BCUT2D eigenvalue weighted by atomic mass is 10.2. The molecule has 1 amide bonds. The molecule has 0 saturated heterocycles. The number of nitrogens with zero attached hydrogens (tertiary/aromatic N) is 5. The van der Waals surface area contributed by atoms with E-state index in [1.807, 2.05) is 49.5 Å². The Labute approximate surface area is 156 Å². The van der Waals surface area contributed by atoms with Gasteiger partial charge in [0.25, 0.3) is 0 Å². The molecular weight excluding hydrogens is 350 g/mol. The molecule has 0 unspecified atom stereocenters. The van der Waals surface area contributed by atoms with E-state index in [4.69, 9.17) is 4.52 Å². The highest BCUT2D eigenvalue weighted by molar-refractivity contribution is 7.13. The summed E-state index contributed by atoms with van der Waals surface area (Å²) in [7, 11) is 1.87. The van der Waals surface area contributed by atoms with Gasteiger partial charge in [0.2, 0.25) is 17.6 Å². The van der Waals surface area contributed by atoms with Crippen LogP contribution in [0.4, 0.5) is 0 Å². The van der Waals surface area contributed by atoms with Crippen LogP contribution >= 0.6 is 11.3 Å². The maximum absolute atomic E-state index is 12.6. The highest BCUT2D eigenvalue weighted by Gasteiger charge is 2.18. The molecule has 3 heterocycles. The second-order valence-electron chi connectivity index (χ2n) is 6.48. The average molecular weight is 373 g/mol. The van der Waals surface area contributed by atoms with Gasteiger partial charge in [-0.25, -0.2) is 0 Å². The fourth-order valence-corrected chi connectivity index (χ4v) is 3.35. The lowest BCUT2D eigenvalue weighted by Crippen LogP contribution is -2.36. The van der Waals surface area contributed by atoms with Crippen LogP contribution in [0.3, 0.4) is 0 Å². The molecule has 0 fully saturated rings. The van der Waals surface area contributed by atoms with Crippen LogP contribution in [0.1, 0.15) is 38.1 Å². The average Bonchev–Trinajstić information content (AvgIpc) is 3.33. The summed E-state index contributed by atoms with van der Waals surface area (Å²) in [6.07, 6.45) is 5.47. The smallest absolute Gasteiger partial charge is 0.226 e. The monoisotopic (exact) mass is 373 g/mol. The van der Waals surface area contributed by atoms with Crippen molar-refractivity contribution in [2.45, 2.75) is 45.7 Å². The van der Waals surface area contributed by atoms with Gasteiger partial charge in [-0.2, -0.15) is 10.1 Å². The van der Waals surface area contributed by atoms with Crippen molar-refractivity contribution in [2.24, 2.45) is 7.05 Å². The summed E-state index contributed by atoms with van der Waals surface area (Å²) in [4.78, 5) is 19.9. The van der Waals surface area contributed by atoms with Gasteiger partial charge in [-0.3, -0.25) is 9.48 Å². The largest absolute Gasteiger partial charge is 0.339 e. The molecule has 3 aromatic heterocycles. The van der Waals surface area contributed by atoms with E-state index in [-0.39, 0.29) is 11.9 Å². The highest BCUT2D eigenvalue weighted by atomic mass is 32.1. The molecule has 7 nitrogen and oxygen atoms in total. The number of thiophene rings is 1. The van der Waals surface area contributed by atoms with Gasteiger partial charge < -0.3 is 9.42 Å². The molecule has 0 saturated carbocycles. The molecule has 3 rings (SSSR count). The second kappa shape index (κ2) is 8.27. The van der Waals surface area contributed by atoms with E-state index in [0.717, 1.165) is 10.4 Å². The molecule has 0 aliphatic heterocycles. The predicted octanol–water partition coefficient (Wildman–Crippen LogP) is 3.29. The number of rotatable bonds is 8. The van der Waals surface area contributed by atoms with Crippen molar-refractivity contribution in [1.29, 1.82) is 0 Å². The summed E-state index contributed by atoms with van der Waals surface area (Å²) >= 11 is 1.58. The summed E-state index contributed by atoms with van der Waals surface area (Å²) < 4.78 is 7.04. The van der Waals surface area contributed by atoms with Gasteiger partial charge in [0, 0.05) is 44.2 Å². The van der Waals surface area contributed by atoms with Crippen molar-refractivity contribution >= 4 is 17.2 Å². The van der Waals surface area contributed by atoms with E-state index in [9.17, 15) is 4.79 Å². The van der Waals surface area contributed by atoms with Gasteiger partial charge >= 0.3 is 0 Å². The summed E-state index contributed by atoms with van der Waals surface area (Å²) in [6.45, 7) is 4.63. The standard InChI is InChI=1S/C18H23N5O2S/c1-13(2)23(12-14-10-19-22(3)11-14)17(24)8-4-7-16-20-18(21-25-16)15-6-5-9-26-15/h5-6,9-11,13H,4,7-8,12H2,1-3H3.